The molecule has 0 fully saturated rings. The second kappa shape index (κ2) is 7.02. The zero-order chi connectivity index (χ0) is 17.8. The van der Waals surface area contributed by atoms with Crippen molar-refractivity contribution in [1.82, 2.24) is 25.1 Å². The summed E-state index contributed by atoms with van der Waals surface area (Å²) in [5.41, 5.74) is 4.50. The van der Waals surface area contributed by atoms with Crippen molar-refractivity contribution in [1.29, 1.82) is 0 Å². The van der Waals surface area contributed by atoms with E-state index >= 15 is 0 Å². The van der Waals surface area contributed by atoms with Gasteiger partial charge in [0, 0.05) is 18.6 Å². The average molecular weight is 344 g/mol. The van der Waals surface area contributed by atoms with E-state index in [9.17, 15) is 4.79 Å². The number of aromatic amines is 2. The molecule has 0 bridgehead atoms. The summed E-state index contributed by atoms with van der Waals surface area (Å²) in [6, 6.07) is 12.0. The lowest BCUT2D eigenvalue weighted by atomic mass is 10.1. The molecule has 1 amide bonds. The first-order valence-corrected chi connectivity index (χ1v) is 8.12. The number of carbonyl (C=O) groups excluding carboxylic acids is 1. The molecule has 7 heteroatoms. The Morgan fingerprint density at radius 1 is 1.08 bits per heavy atom. The second-order valence-corrected chi connectivity index (χ2v) is 5.79. The minimum Gasteiger partial charge on any atom is -0.357 e. The molecular formula is C19H16N6O. The molecule has 0 radical (unpaired) electrons. The number of aromatic nitrogens is 5. The van der Waals surface area contributed by atoms with Crippen LogP contribution in [0.25, 0.3) is 11.4 Å². The van der Waals surface area contributed by atoms with Crippen LogP contribution in [0.3, 0.4) is 0 Å². The molecule has 4 rings (SSSR count). The predicted octanol–water partition coefficient (Wildman–Crippen LogP) is 3.04. The molecule has 7 nitrogen and oxygen atoms in total. The standard InChI is InChI=1S/C19H16N6O/c26-19(15-9-14(10-22-15)8-13-4-2-1-3-5-13)24-17-12-23-25-18(17)16-11-20-6-7-21-16/h1-7,9-12,22H,8H2,(H,23,25)(H,24,26). The average Bonchev–Trinajstić information content (AvgIpc) is 3.33. The van der Waals surface area contributed by atoms with Crippen molar-refractivity contribution >= 4 is 11.6 Å². The highest BCUT2D eigenvalue weighted by Gasteiger charge is 2.14. The number of nitrogens with zero attached hydrogens (tertiary/aromatic N) is 3. The Labute approximate surface area is 149 Å². The third kappa shape index (κ3) is 3.36. The molecule has 3 N–H and O–H groups in total. The van der Waals surface area contributed by atoms with Crippen molar-refractivity contribution in [2.24, 2.45) is 0 Å². The van der Waals surface area contributed by atoms with Gasteiger partial charge in [-0.25, -0.2) is 0 Å². The maximum absolute atomic E-state index is 12.5. The summed E-state index contributed by atoms with van der Waals surface area (Å²) >= 11 is 0. The number of H-pyrrole nitrogens is 2. The van der Waals surface area contributed by atoms with Gasteiger partial charge in [-0.3, -0.25) is 19.9 Å². The summed E-state index contributed by atoms with van der Waals surface area (Å²) in [4.78, 5) is 23.8. The van der Waals surface area contributed by atoms with Gasteiger partial charge in [0.15, 0.2) is 0 Å². The van der Waals surface area contributed by atoms with Gasteiger partial charge in [-0.05, 0) is 23.6 Å². The molecule has 128 valence electrons. The van der Waals surface area contributed by atoms with Gasteiger partial charge in [0.05, 0.1) is 18.1 Å². The molecule has 26 heavy (non-hydrogen) atoms. The molecule has 1 aromatic carbocycles. The summed E-state index contributed by atoms with van der Waals surface area (Å²) in [5, 5.41) is 9.68. The molecule has 0 saturated carbocycles. The zero-order valence-electron chi connectivity index (χ0n) is 13.8. The highest BCUT2D eigenvalue weighted by atomic mass is 16.1. The minimum absolute atomic E-state index is 0.240. The Kier molecular flexibility index (Phi) is 4.26. The van der Waals surface area contributed by atoms with Crippen LogP contribution in [0, 0.1) is 0 Å². The number of hydrogen-bond donors (Lipinski definition) is 3. The fourth-order valence-corrected chi connectivity index (χ4v) is 2.70. The minimum atomic E-state index is -0.240. The normalized spacial score (nSPS) is 10.6. The number of benzene rings is 1. The van der Waals surface area contributed by atoms with Gasteiger partial charge >= 0.3 is 0 Å². The van der Waals surface area contributed by atoms with Gasteiger partial charge in [0.2, 0.25) is 0 Å². The Bertz CT molecular complexity index is 1010. The van der Waals surface area contributed by atoms with Crippen LogP contribution in [0.5, 0.6) is 0 Å². The molecule has 3 heterocycles. The smallest absolute Gasteiger partial charge is 0.272 e. The number of nitrogens with one attached hydrogen (secondary N) is 3. The Morgan fingerprint density at radius 3 is 2.77 bits per heavy atom. The lowest BCUT2D eigenvalue weighted by Crippen LogP contribution is -2.12. The van der Waals surface area contributed by atoms with Crippen LogP contribution in [-0.4, -0.2) is 31.1 Å². The molecule has 3 aromatic heterocycles. The molecule has 0 spiro atoms. The highest BCUT2D eigenvalue weighted by molar-refractivity contribution is 6.04. The lowest BCUT2D eigenvalue weighted by Gasteiger charge is -2.04. The van der Waals surface area contributed by atoms with Crippen LogP contribution in [0.2, 0.25) is 0 Å². The first kappa shape index (κ1) is 15.8. The van der Waals surface area contributed by atoms with Gasteiger partial charge < -0.3 is 10.3 Å². The zero-order valence-corrected chi connectivity index (χ0v) is 13.8. The first-order chi connectivity index (χ1) is 12.8. The van der Waals surface area contributed by atoms with Gasteiger partial charge in [-0.2, -0.15) is 5.10 Å². The quantitative estimate of drug-likeness (QED) is 0.518. The van der Waals surface area contributed by atoms with Crippen molar-refractivity contribution in [3.63, 3.8) is 0 Å². The van der Waals surface area contributed by atoms with E-state index in [0.29, 0.717) is 22.8 Å². The number of hydrogen-bond acceptors (Lipinski definition) is 4. The van der Waals surface area contributed by atoms with Crippen molar-refractivity contribution in [2.45, 2.75) is 6.42 Å². The molecule has 0 aliphatic carbocycles. The molecule has 0 unspecified atom stereocenters. The fourth-order valence-electron chi connectivity index (χ4n) is 2.70. The van der Waals surface area contributed by atoms with E-state index in [2.05, 4.69) is 42.6 Å². The van der Waals surface area contributed by atoms with Gasteiger partial charge in [0.1, 0.15) is 17.1 Å². The van der Waals surface area contributed by atoms with Crippen LogP contribution in [0.1, 0.15) is 21.6 Å². The summed E-state index contributed by atoms with van der Waals surface area (Å²) < 4.78 is 0. The predicted molar refractivity (Wildman–Crippen MR) is 97.6 cm³/mol. The molecule has 0 atom stereocenters. The van der Waals surface area contributed by atoms with Crippen molar-refractivity contribution in [2.75, 3.05) is 5.32 Å². The van der Waals surface area contributed by atoms with Crippen LogP contribution in [0.15, 0.2) is 67.4 Å². The maximum Gasteiger partial charge on any atom is 0.272 e. The fraction of sp³-hybridized carbons (Fsp3) is 0.0526. The number of anilines is 1. The summed E-state index contributed by atoms with van der Waals surface area (Å²) in [7, 11) is 0. The monoisotopic (exact) mass is 344 g/mol. The summed E-state index contributed by atoms with van der Waals surface area (Å²) in [6.45, 7) is 0. The Hall–Kier alpha value is -3.74. The van der Waals surface area contributed by atoms with E-state index in [1.54, 1.807) is 24.8 Å². The van der Waals surface area contributed by atoms with E-state index < -0.39 is 0 Å². The molecule has 0 aliphatic rings. The van der Waals surface area contributed by atoms with E-state index in [0.717, 1.165) is 12.0 Å². The Morgan fingerprint density at radius 2 is 1.96 bits per heavy atom. The first-order valence-electron chi connectivity index (χ1n) is 8.12. The number of amides is 1. The molecular weight excluding hydrogens is 328 g/mol. The van der Waals surface area contributed by atoms with Crippen LogP contribution >= 0.6 is 0 Å². The molecule has 0 saturated heterocycles. The van der Waals surface area contributed by atoms with E-state index in [1.807, 2.05) is 30.5 Å². The van der Waals surface area contributed by atoms with Crippen LogP contribution in [-0.2, 0) is 6.42 Å². The topological polar surface area (TPSA) is 99.3 Å². The SMILES string of the molecule is O=C(Nc1cn[nH]c1-c1cnccn1)c1cc(Cc2ccccc2)c[nH]1. The van der Waals surface area contributed by atoms with Gasteiger partial charge in [-0.15, -0.1) is 0 Å². The van der Waals surface area contributed by atoms with Gasteiger partial charge in [-0.1, -0.05) is 30.3 Å². The van der Waals surface area contributed by atoms with Crippen LogP contribution in [0.4, 0.5) is 5.69 Å². The van der Waals surface area contributed by atoms with Crippen molar-refractivity contribution < 1.29 is 4.79 Å². The van der Waals surface area contributed by atoms with E-state index in [1.165, 1.54) is 5.56 Å². The Balaban J connectivity index is 1.49. The largest absolute Gasteiger partial charge is 0.357 e. The third-order valence-corrected chi connectivity index (χ3v) is 3.95. The van der Waals surface area contributed by atoms with E-state index in [-0.39, 0.29) is 5.91 Å². The van der Waals surface area contributed by atoms with Crippen LogP contribution < -0.4 is 5.32 Å². The number of rotatable bonds is 5. The van der Waals surface area contributed by atoms with Crippen molar-refractivity contribution in [3.8, 4) is 11.4 Å². The lowest BCUT2D eigenvalue weighted by molar-refractivity contribution is 0.102. The summed E-state index contributed by atoms with van der Waals surface area (Å²) in [5.74, 6) is -0.240. The van der Waals surface area contributed by atoms with E-state index in [4.69, 9.17) is 0 Å². The molecule has 4 aromatic rings. The third-order valence-electron chi connectivity index (χ3n) is 3.95. The highest BCUT2D eigenvalue weighted by Crippen LogP contribution is 2.23. The van der Waals surface area contributed by atoms with Gasteiger partial charge in [0.25, 0.3) is 5.91 Å². The maximum atomic E-state index is 12.5. The molecule has 0 aliphatic heterocycles. The van der Waals surface area contributed by atoms with Crippen molar-refractivity contribution in [3.05, 3.63) is 84.2 Å². The second-order valence-electron chi connectivity index (χ2n) is 5.79. The number of carbonyl (C=O) groups is 1. The summed E-state index contributed by atoms with van der Waals surface area (Å²) in [6.07, 6.45) is 8.95.